The van der Waals surface area contributed by atoms with Crippen LogP contribution in [-0.4, -0.2) is 36.2 Å². The minimum absolute atomic E-state index is 0.0220. The molecule has 1 atom stereocenters. The highest BCUT2D eigenvalue weighted by Crippen LogP contribution is 2.34. The van der Waals surface area contributed by atoms with Crippen LogP contribution in [0.25, 0.3) is 0 Å². The van der Waals surface area contributed by atoms with Crippen LogP contribution in [0.3, 0.4) is 0 Å². The number of Topliss-reactive ketones (excluding diaryl/α,β-unsaturated/α-hetero) is 1. The van der Waals surface area contributed by atoms with Crippen molar-refractivity contribution < 1.29 is 23.5 Å². The van der Waals surface area contributed by atoms with E-state index in [1.54, 1.807) is 0 Å². The fourth-order valence-corrected chi connectivity index (χ4v) is 2.00. The number of aromatic nitrogens is 2. The van der Waals surface area contributed by atoms with Gasteiger partial charge in [-0.15, -0.1) is 0 Å². The summed E-state index contributed by atoms with van der Waals surface area (Å²) in [6.45, 7) is 0.316. The van der Waals surface area contributed by atoms with Gasteiger partial charge in [0.25, 0.3) is 0 Å². The molecule has 3 rings (SSSR count). The third kappa shape index (κ3) is 3.03. The Morgan fingerprint density at radius 3 is 3.00 bits per heavy atom. The smallest absolute Gasteiger partial charge is 0.234 e. The highest BCUT2D eigenvalue weighted by molar-refractivity contribution is 5.81. The largest absolute Gasteiger partial charge is 0.485 e. The molecule has 0 amide bonds. The molecule has 7 heteroatoms. The van der Waals surface area contributed by atoms with Crippen LogP contribution < -0.4 is 9.47 Å². The molecule has 0 fully saturated rings. The van der Waals surface area contributed by atoms with Gasteiger partial charge in [0.2, 0.25) is 11.7 Å². The number of carbonyl (C=O) groups is 1. The van der Waals surface area contributed by atoms with Gasteiger partial charge in [0.05, 0.1) is 6.42 Å². The van der Waals surface area contributed by atoms with Crippen LogP contribution in [0.5, 0.6) is 11.5 Å². The molecule has 1 aromatic carbocycles. The molecule has 0 spiro atoms. The van der Waals surface area contributed by atoms with E-state index in [1.807, 2.05) is 24.3 Å². The van der Waals surface area contributed by atoms with Gasteiger partial charge in [0, 0.05) is 7.11 Å². The Hall–Kier alpha value is -2.41. The minimum Gasteiger partial charge on any atom is -0.485 e. The van der Waals surface area contributed by atoms with Crippen molar-refractivity contribution in [3.05, 3.63) is 36.0 Å². The first-order valence-corrected chi connectivity index (χ1v) is 6.48. The first kappa shape index (κ1) is 13.6. The Morgan fingerprint density at radius 1 is 1.38 bits per heavy atom. The number of ketones is 1. The monoisotopic (exact) mass is 290 g/mol. The Kier molecular flexibility index (Phi) is 3.83. The Labute approximate surface area is 120 Å². The summed E-state index contributed by atoms with van der Waals surface area (Å²) >= 11 is 0. The number of ether oxygens (including phenoxy) is 3. The van der Waals surface area contributed by atoms with Gasteiger partial charge in [-0.1, -0.05) is 17.3 Å². The number of benzene rings is 1. The second kappa shape index (κ2) is 5.92. The second-order valence-corrected chi connectivity index (χ2v) is 4.56. The molecule has 110 valence electrons. The molecule has 0 bridgehead atoms. The van der Waals surface area contributed by atoms with E-state index >= 15 is 0 Å². The zero-order valence-corrected chi connectivity index (χ0v) is 11.4. The molecule has 21 heavy (non-hydrogen) atoms. The maximum Gasteiger partial charge on any atom is 0.234 e. The molecular weight excluding hydrogens is 276 g/mol. The van der Waals surface area contributed by atoms with Crippen molar-refractivity contribution in [3.63, 3.8) is 0 Å². The molecule has 0 saturated carbocycles. The number of hydrogen-bond acceptors (Lipinski definition) is 7. The Balaban J connectivity index is 1.69. The number of carbonyl (C=O) groups excluding carboxylic acids is 1. The third-order valence-electron chi connectivity index (χ3n) is 2.93. The molecule has 2 heterocycles. The normalized spacial score (nSPS) is 16.7. The number of para-hydroxylation sites is 2. The van der Waals surface area contributed by atoms with Crippen molar-refractivity contribution in [1.82, 2.24) is 10.1 Å². The molecule has 1 unspecified atom stereocenters. The van der Waals surface area contributed by atoms with Crippen molar-refractivity contribution in [3.8, 4) is 11.5 Å². The lowest BCUT2D eigenvalue weighted by atomic mass is 10.2. The van der Waals surface area contributed by atoms with Gasteiger partial charge >= 0.3 is 0 Å². The van der Waals surface area contributed by atoms with Crippen molar-refractivity contribution in [2.24, 2.45) is 0 Å². The average Bonchev–Trinajstić information content (AvgIpc) is 2.95. The molecule has 7 nitrogen and oxygen atoms in total. The van der Waals surface area contributed by atoms with Gasteiger partial charge in [-0.3, -0.25) is 4.79 Å². The first-order chi connectivity index (χ1) is 10.3. The molecule has 1 aromatic heterocycles. The minimum atomic E-state index is -0.449. The first-order valence-electron chi connectivity index (χ1n) is 6.48. The topological polar surface area (TPSA) is 83.7 Å². The summed E-state index contributed by atoms with van der Waals surface area (Å²) in [5.74, 6) is 1.81. The summed E-state index contributed by atoms with van der Waals surface area (Å²) in [5, 5.41) is 3.84. The van der Waals surface area contributed by atoms with Crippen molar-refractivity contribution in [2.75, 3.05) is 20.3 Å². The molecule has 0 saturated heterocycles. The number of rotatable bonds is 5. The zero-order valence-electron chi connectivity index (χ0n) is 11.4. The zero-order chi connectivity index (χ0) is 14.7. The summed E-state index contributed by atoms with van der Waals surface area (Å²) in [5.41, 5.74) is 0. The summed E-state index contributed by atoms with van der Waals surface area (Å²) in [7, 11) is 1.46. The molecule has 0 radical (unpaired) electrons. The highest BCUT2D eigenvalue weighted by Gasteiger charge is 2.27. The fraction of sp³-hybridized carbons (Fsp3) is 0.357. The Morgan fingerprint density at radius 2 is 2.19 bits per heavy atom. The van der Waals surface area contributed by atoms with E-state index in [4.69, 9.17) is 18.7 Å². The standard InChI is InChI=1S/C14H14N2O5/c1-18-7-9(17)6-13-15-14(16-21-13)12-8-19-10-4-2-3-5-11(10)20-12/h2-5,12H,6-8H2,1H3. The number of hydrogen-bond donors (Lipinski definition) is 0. The van der Waals surface area contributed by atoms with E-state index in [0.29, 0.717) is 23.9 Å². The second-order valence-electron chi connectivity index (χ2n) is 4.56. The predicted molar refractivity (Wildman–Crippen MR) is 70.2 cm³/mol. The molecule has 0 N–H and O–H groups in total. The van der Waals surface area contributed by atoms with Crippen molar-refractivity contribution in [1.29, 1.82) is 0 Å². The van der Waals surface area contributed by atoms with E-state index in [1.165, 1.54) is 7.11 Å². The molecular formula is C14H14N2O5. The van der Waals surface area contributed by atoms with E-state index in [0.717, 1.165) is 0 Å². The maximum atomic E-state index is 11.5. The molecule has 1 aliphatic heterocycles. The summed E-state index contributed by atoms with van der Waals surface area (Å²) < 4.78 is 21.2. The lowest BCUT2D eigenvalue weighted by Crippen LogP contribution is -2.22. The number of fused-ring (bicyclic) bond motifs is 1. The van der Waals surface area contributed by atoms with Crippen LogP contribution in [0.4, 0.5) is 0 Å². The van der Waals surface area contributed by atoms with E-state index in [9.17, 15) is 4.79 Å². The van der Waals surface area contributed by atoms with Crippen LogP contribution in [0, 0.1) is 0 Å². The maximum absolute atomic E-state index is 11.5. The van der Waals surface area contributed by atoms with Gasteiger partial charge < -0.3 is 18.7 Å². The lowest BCUT2D eigenvalue weighted by Gasteiger charge is -2.24. The van der Waals surface area contributed by atoms with Crippen LogP contribution in [0.15, 0.2) is 28.8 Å². The van der Waals surface area contributed by atoms with Crippen molar-refractivity contribution in [2.45, 2.75) is 12.5 Å². The Bertz CT molecular complexity index is 640. The number of methoxy groups -OCH3 is 1. The SMILES string of the molecule is COCC(=O)Cc1nc(C2COc3ccccc3O2)no1. The van der Waals surface area contributed by atoms with Gasteiger partial charge in [-0.25, -0.2) is 0 Å². The van der Waals surface area contributed by atoms with E-state index in [-0.39, 0.29) is 24.7 Å². The molecule has 2 aromatic rings. The van der Waals surface area contributed by atoms with E-state index in [2.05, 4.69) is 10.1 Å². The van der Waals surface area contributed by atoms with Crippen LogP contribution >= 0.6 is 0 Å². The van der Waals surface area contributed by atoms with E-state index < -0.39 is 6.10 Å². The van der Waals surface area contributed by atoms with Gasteiger partial charge in [-0.05, 0) is 12.1 Å². The number of nitrogens with zero attached hydrogens (tertiary/aromatic N) is 2. The van der Waals surface area contributed by atoms with Crippen LogP contribution in [-0.2, 0) is 16.0 Å². The van der Waals surface area contributed by atoms with Crippen LogP contribution in [0.1, 0.15) is 17.8 Å². The predicted octanol–water partition coefficient (Wildman–Crippen LogP) is 1.34. The summed E-state index contributed by atoms with van der Waals surface area (Å²) in [6, 6.07) is 7.37. The highest BCUT2D eigenvalue weighted by atomic mass is 16.6. The fourth-order valence-electron chi connectivity index (χ4n) is 2.00. The quantitative estimate of drug-likeness (QED) is 0.821. The third-order valence-corrected chi connectivity index (χ3v) is 2.93. The average molecular weight is 290 g/mol. The summed E-state index contributed by atoms with van der Waals surface area (Å²) in [4.78, 5) is 15.6. The van der Waals surface area contributed by atoms with Gasteiger partial charge in [-0.2, -0.15) is 4.98 Å². The van der Waals surface area contributed by atoms with Gasteiger partial charge in [0.15, 0.2) is 23.4 Å². The van der Waals surface area contributed by atoms with Gasteiger partial charge in [0.1, 0.15) is 13.2 Å². The van der Waals surface area contributed by atoms with Crippen LogP contribution in [0.2, 0.25) is 0 Å². The summed E-state index contributed by atoms with van der Waals surface area (Å²) in [6.07, 6.45) is -0.403. The molecule has 0 aliphatic carbocycles. The van der Waals surface area contributed by atoms with Crippen molar-refractivity contribution >= 4 is 5.78 Å². The molecule has 1 aliphatic rings. The lowest BCUT2D eigenvalue weighted by molar-refractivity contribution is -0.122.